The van der Waals surface area contributed by atoms with Gasteiger partial charge in [-0.05, 0) is 25.0 Å². The SMILES string of the molecule is CC(C)C1(C)CC(=O)N(c2cccc(O)c2)C1=O. The first-order valence-electron chi connectivity index (χ1n) is 6.02. The van der Waals surface area contributed by atoms with E-state index in [0.29, 0.717) is 5.69 Å². The fraction of sp³-hybridized carbons (Fsp3) is 0.429. The minimum Gasteiger partial charge on any atom is -0.508 e. The van der Waals surface area contributed by atoms with E-state index in [1.54, 1.807) is 12.1 Å². The fourth-order valence-electron chi connectivity index (χ4n) is 2.18. The molecule has 1 heterocycles. The molecule has 1 unspecified atom stereocenters. The smallest absolute Gasteiger partial charge is 0.240 e. The number of carbonyl (C=O) groups is 2. The van der Waals surface area contributed by atoms with E-state index in [1.165, 1.54) is 17.0 Å². The van der Waals surface area contributed by atoms with Gasteiger partial charge in [0.05, 0.1) is 11.1 Å². The number of phenols is 1. The molecular weight excluding hydrogens is 230 g/mol. The van der Waals surface area contributed by atoms with Crippen LogP contribution >= 0.6 is 0 Å². The van der Waals surface area contributed by atoms with E-state index in [2.05, 4.69) is 0 Å². The highest BCUT2D eigenvalue weighted by Gasteiger charge is 2.50. The van der Waals surface area contributed by atoms with Crippen molar-refractivity contribution in [3.05, 3.63) is 24.3 Å². The Bertz CT molecular complexity index is 510. The summed E-state index contributed by atoms with van der Waals surface area (Å²) in [6.45, 7) is 5.70. The van der Waals surface area contributed by atoms with Gasteiger partial charge >= 0.3 is 0 Å². The van der Waals surface area contributed by atoms with Crippen LogP contribution in [-0.4, -0.2) is 16.9 Å². The van der Waals surface area contributed by atoms with Crippen LogP contribution in [0.1, 0.15) is 27.2 Å². The third kappa shape index (κ3) is 1.78. The van der Waals surface area contributed by atoms with Crippen molar-refractivity contribution >= 4 is 17.5 Å². The zero-order valence-corrected chi connectivity index (χ0v) is 10.8. The standard InChI is InChI=1S/C14H17NO3/c1-9(2)14(3)8-12(17)15(13(14)18)10-5-4-6-11(16)7-10/h4-7,9,16H,8H2,1-3H3. The second-order valence-electron chi connectivity index (χ2n) is 5.30. The summed E-state index contributed by atoms with van der Waals surface area (Å²) in [6, 6.07) is 6.22. The summed E-state index contributed by atoms with van der Waals surface area (Å²) in [6.07, 6.45) is 0.221. The number of hydrogen-bond donors (Lipinski definition) is 1. The molecular formula is C14H17NO3. The Kier molecular flexibility index (Phi) is 2.89. The second kappa shape index (κ2) is 4.12. The van der Waals surface area contributed by atoms with Crippen molar-refractivity contribution in [1.29, 1.82) is 0 Å². The maximum absolute atomic E-state index is 12.4. The molecule has 1 aromatic carbocycles. The molecule has 2 rings (SSSR count). The summed E-state index contributed by atoms with van der Waals surface area (Å²) in [5, 5.41) is 9.44. The molecule has 96 valence electrons. The fourth-order valence-corrected chi connectivity index (χ4v) is 2.18. The monoisotopic (exact) mass is 247 g/mol. The first-order chi connectivity index (χ1) is 8.36. The van der Waals surface area contributed by atoms with Crippen LogP contribution in [0.5, 0.6) is 5.75 Å². The predicted octanol–water partition coefficient (Wildman–Crippen LogP) is 2.32. The van der Waals surface area contributed by atoms with Crippen LogP contribution in [0.15, 0.2) is 24.3 Å². The van der Waals surface area contributed by atoms with Crippen molar-refractivity contribution in [1.82, 2.24) is 0 Å². The first kappa shape index (κ1) is 12.6. The van der Waals surface area contributed by atoms with Gasteiger partial charge in [0.25, 0.3) is 0 Å². The molecule has 1 aliphatic rings. The number of nitrogens with zero attached hydrogens (tertiary/aromatic N) is 1. The number of hydrogen-bond acceptors (Lipinski definition) is 3. The van der Waals surface area contributed by atoms with Gasteiger partial charge in [0.15, 0.2) is 0 Å². The van der Waals surface area contributed by atoms with Crippen LogP contribution < -0.4 is 4.90 Å². The quantitative estimate of drug-likeness (QED) is 0.816. The summed E-state index contributed by atoms with van der Waals surface area (Å²) in [5.41, 5.74) is -0.211. The molecule has 0 saturated carbocycles. The minimum atomic E-state index is -0.650. The second-order valence-corrected chi connectivity index (χ2v) is 5.30. The summed E-state index contributed by atoms with van der Waals surface area (Å²) in [4.78, 5) is 25.6. The molecule has 0 aromatic heterocycles. The van der Waals surface area contributed by atoms with E-state index in [0.717, 1.165) is 0 Å². The first-order valence-corrected chi connectivity index (χ1v) is 6.02. The number of benzene rings is 1. The van der Waals surface area contributed by atoms with Gasteiger partial charge in [-0.1, -0.05) is 19.9 Å². The van der Waals surface area contributed by atoms with Crippen molar-refractivity contribution < 1.29 is 14.7 Å². The maximum atomic E-state index is 12.4. The lowest BCUT2D eigenvalue weighted by atomic mass is 9.78. The van der Waals surface area contributed by atoms with E-state index >= 15 is 0 Å². The number of phenolic OH excluding ortho intramolecular Hbond substituents is 1. The lowest BCUT2D eigenvalue weighted by molar-refractivity contribution is -0.126. The third-order valence-corrected chi connectivity index (χ3v) is 3.82. The molecule has 1 atom stereocenters. The van der Waals surface area contributed by atoms with E-state index < -0.39 is 5.41 Å². The molecule has 0 spiro atoms. The highest BCUT2D eigenvalue weighted by molar-refractivity contribution is 6.22. The molecule has 1 fully saturated rings. The zero-order valence-electron chi connectivity index (χ0n) is 10.8. The molecule has 1 saturated heterocycles. The Morgan fingerprint density at radius 2 is 2.00 bits per heavy atom. The van der Waals surface area contributed by atoms with E-state index in [-0.39, 0.29) is 29.9 Å². The topological polar surface area (TPSA) is 57.6 Å². The Hall–Kier alpha value is -1.84. The van der Waals surface area contributed by atoms with E-state index in [1.807, 2.05) is 20.8 Å². The van der Waals surface area contributed by atoms with Crippen molar-refractivity contribution in [3.63, 3.8) is 0 Å². The molecule has 0 radical (unpaired) electrons. The summed E-state index contributed by atoms with van der Waals surface area (Å²) in [5.74, 6) is -0.252. The number of anilines is 1. The Morgan fingerprint density at radius 1 is 1.33 bits per heavy atom. The Morgan fingerprint density at radius 3 is 2.50 bits per heavy atom. The van der Waals surface area contributed by atoms with Crippen molar-refractivity contribution in [2.75, 3.05) is 4.90 Å². The maximum Gasteiger partial charge on any atom is 0.240 e. The largest absolute Gasteiger partial charge is 0.508 e. The number of aromatic hydroxyl groups is 1. The average Bonchev–Trinajstić information content (AvgIpc) is 2.51. The van der Waals surface area contributed by atoms with Crippen molar-refractivity contribution in [2.45, 2.75) is 27.2 Å². The molecule has 1 aromatic rings. The zero-order chi connectivity index (χ0) is 13.5. The lowest BCUT2D eigenvalue weighted by Crippen LogP contribution is -2.36. The molecule has 4 nitrogen and oxygen atoms in total. The number of carbonyl (C=O) groups excluding carboxylic acids is 2. The molecule has 2 amide bonds. The van der Waals surface area contributed by atoms with Crippen LogP contribution in [0.3, 0.4) is 0 Å². The van der Waals surface area contributed by atoms with E-state index in [9.17, 15) is 14.7 Å². The number of rotatable bonds is 2. The van der Waals surface area contributed by atoms with Gasteiger partial charge in [-0.2, -0.15) is 0 Å². The van der Waals surface area contributed by atoms with Gasteiger partial charge in [-0.3, -0.25) is 9.59 Å². The van der Waals surface area contributed by atoms with Crippen LogP contribution in [0.25, 0.3) is 0 Å². The van der Waals surface area contributed by atoms with Crippen LogP contribution in [0.4, 0.5) is 5.69 Å². The molecule has 4 heteroatoms. The van der Waals surface area contributed by atoms with Crippen molar-refractivity contribution in [3.8, 4) is 5.75 Å². The van der Waals surface area contributed by atoms with Crippen molar-refractivity contribution in [2.24, 2.45) is 11.3 Å². The normalized spacial score (nSPS) is 24.1. The van der Waals surface area contributed by atoms with Crippen LogP contribution in [0, 0.1) is 11.3 Å². The lowest BCUT2D eigenvalue weighted by Gasteiger charge is -2.26. The highest BCUT2D eigenvalue weighted by Crippen LogP contribution is 2.41. The summed E-state index contributed by atoms with van der Waals surface area (Å²) >= 11 is 0. The Balaban J connectivity index is 2.42. The van der Waals surface area contributed by atoms with E-state index in [4.69, 9.17) is 0 Å². The Labute approximate surface area is 106 Å². The third-order valence-electron chi connectivity index (χ3n) is 3.82. The van der Waals surface area contributed by atoms with Crippen LogP contribution in [0.2, 0.25) is 0 Å². The summed E-state index contributed by atoms with van der Waals surface area (Å²) in [7, 11) is 0. The minimum absolute atomic E-state index is 0.0475. The van der Waals surface area contributed by atoms with Gasteiger partial charge in [0, 0.05) is 12.5 Å². The van der Waals surface area contributed by atoms with Gasteiger partial charge in [0.2, 0.25) is 11.8 Å². The summed E-state index contributed by atoms with van der Waals surface area (Å²) < 4.78 is 0. The average molecular weight is 247 g/mol. The van der Waals surface area contributed by atoms with Gasteiger partial charge in [-0.25, -0.2) is 4.90 Å². The molecule has 0 aliphatic carbocycles. The predicted molar refractivity (Wildman–Crippen MR) is 68.2 cm³/mol. The number of amides is 2. The van der Waals surface area contributed by atoms with Gasteiger partial charge in [-0.15, -0.1) is 0 Å². The molecule has 1 N–H and O–H groups in total. The highest BCUT2D eigenvalue weighted by atomic mass is 16.3. The van der Waals surface area contributed by atoms with Gasteiger partial charge in [0.1, 0.15) is 5.75 Å². The molecule has 18 heavy (non-hydrogen) atoms. The van der Waals surface area contributed by atoms with Crippen LogP contribution in [-0.2, 0) is 9.59 Å². The number of imide groups is 1. The molecule has 0 bridgehead atoms. The van der Waals surface area contributed by atoms with Gasteiger partial charge < -0.3 is 5.11 Å². The molecule has 1 aliphatic heterocycles.